The highest BCUT2D eigenvalue weighted by atomic mass is 35.5. The number of hydrogen-bond acceptors (Lipinski definition) is 9. The molecule has 0 saturated carbocycles. The summed E-state index contributed by atoms with van der Waals surface area (Å²) >= 11 is 5.68. The van der Waals surface area contributed by atoms with Crippen LogP contribution in [0.15, 0.2) is 21.9 Å². The third-order valence-electron chi connectivity index (χ3n) is 6.00. The van der Waals surface area contributed by atoms with Gasteiger partial charge in [-0.3, -0.25) is 23.4 Å². The van der Waals surface area contributed by atoms with Crippen molar-refractivity contribution in [3.05, 3.63) is 60.6 Å². The average molecular weight is 568 g/mol. The van der Waals surface area contributed by atoms with Gasteiger partial charge in [0, 0.05) is 6.20 Å². The van der Waals surface area contributed by atoms with Crippen molar-refractivity contribution in [3.8, 4) is 5.75 Å². The van der Waals surface area contributed by atoms with Gasteiger partial charge in [-0.2, -0.15) is 0 Å². The highest BCUT2D eigenvalue weighted by Gasteiger charge is 2.58. The van der Waals surface area contributed by atoms with Gasteiger partial charge in [-0.15, -0.1) is 0 Å². The number of nitrogens with zero attached hydrogens (tertiary/aromatic N) is 1. The molecule has 2 aliphatic heterocycles. The van der Waals surface area contributed by atoms with E-state index < -0.39 is 67.4 Å². The highest BCUT2D eigenvalue weighted by Crippen LogP contribution is 2.58. The van der Waals surface area contributed by atoms with E-state index >= 15 is 8.78 Å². The van der Waals surface area contributed by atoms with Crippen LogP contribution in [-0.2, 0) is 25.0 Å². The smallest absolute Gasteiger partial charge is 0.403 e. The van der Waals surface area contributed by atoms with Crippen molar-refractivity contribution in [3.63, 3.8) is 0 Å². The molecule has 2 aliphatic rings. The number of H-pyrrole nitrogens is 1. The van der Waals surface area contributed by atoms with E-state index in [4.69, 9.17) is 31.3 Å². The van der Waals surface area contributed by atoms with Gasteiger partial charge in [-0.1, -0.05) is 39.3 Å². The van der Waals surface area contributed by atoms with Crippen LogP contribution in [0.5, 0.6) is 5.75 Å². The van der Waals surface area contributed by atoms with Crippen LogP contribution >= 0.6 is 19.4 Å². The molecule has 1 unspecified atom stereocenters. The summed E-state index contributed by atoms with van der Waals surface area (Å²) in [6, 6.07) is 1.58. The zero-order chi connectivity index (χ0) is 28.4. The maximum Gasteiger partial charge on any atom is 0.530 e. The van der Waals surface area contributed by atoms with E-state index in [1.165, 1.54) is 0 Å². The van der Waals surface area contributed by atoms with Crippen molar-refractivity contribution in [2.75, 3.05) is 6.61 Å². The molecular weight excluding hydrogens is 541 g/mol. The van der Waals surface area contributed by atoms with Crippen LogP contribution in [0.1, 0.15) is 63.8 Å². The van der Waals surface area contributed by atoms with Crippen molar-refractivity contribution >= 4 is 19.4 Å². The molecule has 204 valence electrons. The summed E-state index contributed by atoms with van der Waals surface area (Å²) in [7, 11) is -4.63. The number of ether oxygens (including phenoxy) is 1. The number of benzene rings is 1. The van der Waals surface area contributed by atoms with Crippen molar-refractivity contribution in [2.45, 2.75) is 70.4 Å². The normalized spacial score (nSPS) is 31.9. The topological polar surface area (TPSA) is 149 Å². The largest absolute Gasteiger partial charge is 0.530 e. The molecule has 0 amide bonds. The fraction of sp³-hybridized carbons (Fsp3) is 0.545. The third-order valence-corrected chi connectivity index (χ3v) is 7.57. The molecule has 1 fully saturated rings. The van der Waals surface area contributed by atoms with Crippen LogP contribution < -0.4 is 15.8 Å². The molecule has 5 atom stereocenters. The van der Waals surface area contributed by atoms with Gasteiger partial charge in [-0.05, 0) is 29.0 Å². The lowest BCUT2D eigenvalue weighted by Gasteiger charge is -2.31. The maximum absolute atomic E-state index is 15.7. The van der Waals surface area contributed by atoms with E-state index in [0.717, 1.165) is 0 Å². The summed E-state index contributed by atoms with van der Waals surface area (Å²) in [6.45, 7) is 5.29. The quantitative estimate of drug-likeness (QED) is 0.447. The number of hydrogen-bond donors (Lipinski definition) is 3. The zero-order valence-corrected chi connectivity index (χ0v) is 21.8. The fourth-order valence-electron chi connectivity index (χ4n) is 3.93. The van der Waals surface area contributed by atoms with E-state index in [1.54, 1.807) is 24.9 Å². The zero-order valence-electron chi connectivity index (χ0n) is 21.2. The number of fused-ring (bicyclic) bond motifs is 1. The number of phosphoric acid groups is 1. The van der Waals surface area contributed by atoms with Gasteiger partial charge in [0.25, 0.3) is 11.4 Å². The van der Waals surface area contributed by atoms with Gasteiger partial charge >= 0.3 is 13.5 Å². The predicted octanol–water partition coefficient (Wildman–Crippen LogP) is 3.23. The van der Waals surface area contributed by atoms with E-state index in [9.17, 15) is 24.4 Å². The lowest BCUT2D eigenvalue weighted by atomic mass is 9.91. The van der Waals surface area contributed by atoms with Gasteiger partial charge in [-0.25, -0.2) is 18.1 Å². The van der Waals surface area contributed by atoms with E-state index in [1.807, 2.05) is 13.8 Å². The first-order chi connectivity index (χ1) is 17.5. The Balaban J connectivity index is 1.61. The molecule has 0 spiro atoms. The van der Waals surface area contributed by atoms with Crippen molar-refractivity contribution < 1.29 is 43.2 Å². The summed E-state index contributed by atoms with van der Waals surface area (Å²) < 4.78 is 73.2. The first-order valence-corrected chi connectivity index (χ1v) is 13.1. The van der Waals surface area contributed by atoms with Crippen LogP contribution in [0, 0.1) is 5.82 Å². The Bertz CT molecular complexity index is 1440. The number of rotatable bonds is 6. The van der Waals surface area contributed by atoms with Gasteiger partial charge < -0.3 is 19.5 Å². The van der Waals surface area contributed by atoms with Crippen molar-refractivity contribution in [1.29, 1.82) is 0 Å². The monoisotopic (exact) mass is 567 g/mol. The van der Waals surface area contributed by atoms with Gasteiger partial charge in [0.15, 0.2) is 6.20 Å². The van der Waals surface area contributed by atoms with E-state index in [-0.39, 0.29) is 27.7 Å². The molecular formula is C22H26ClF2N2O9P. The lowest BCUT2D eigenvalue weighted by molar-refractivity contribution is -0.205. The summed E-state index contributed by atoms with van der Waals surface area (Å²) in [5.41, 5.74) is -1.38. The Labute approximate surface area is 215 Å². The number of aliphatic hydroxyl groups excluding tert-OH is 2. The standard InChI is InChI=1S/C22H26ClF2N2O9P/c1-9(2)11-5-12(10(3)4)17-13(15(11)24)7-33-37(32,36-17)34-8-22(25)18(29)16(28)20(35-22)27-6-14(23)19(30)26-21(27)31/h5-6,9-10,16,18,20,28-29H,7-8H2,1-4H3,(H,26,30,31)/t16-,18+,20-,22-,37?/m1/s1/i20D. The van der Waals surface area contributed by atoms with Crippen LogP contribution in [0.4, 0.5) is 8.78 Å². The minimum Gasteiger partial charge on any atom is -0.403 e. The van der Waals surface area contributed by atoms with Crippen molar-refractivity contribution in [2.24, 2.45) is 0 Å². The molecule has 4 rings (SSSR count). The second-order valence-electron chi connectivity index (χ2n) is 9.29. The summed E-state index contributed by atoms with van der Waals surface area (Å²) in [5, 5.41) is 20.2. The maximum atomic E-state index is 15.7. The summed E-state index contributed by atoms with van der Waals surface area (Å²) in [4.78, 5) is 25.5. The number of alkyl halides is 1. The number of nitrogens with one attached hydrogen (secondary N) is 1. The Kier molecular flexibility index (Phi) is 7.07. The molecule has 3 heterocycles. The second-order valence-corrected chi connectivity index (χ2v) is 11.3. The van der Waals surface area contributed by atoms with E-state index in [0.29, 0.717) is 17.3 Å². The highest BCUT2D eigenvalue weighted by molar-refractivity contribution is 7.49. The first-order valence-electron chi connectivity index (χ1n) is 11.7. The first kappa shape index (κ1) is 26.5. The Morgan fingerprint density at radius 1 is 1.32 bits per heavy atom. The number of aromatic nitrogens is 2. The molecule has 0 radical (unpaired) electrons. The molecule has 2 aromatic rings. The third kappa shape index (κ3) is 5.01. The minimum atomic E-state index is -4.63. The Morgan fingerprint density at radius 3 is 2.59 bits per heavy atom. The molecule has 1 aromatic heterocycles. The molecule has 3 N–H and O–H groups in total. The van der Waals surface area contributed by atoms with Crippen LogP contribution in [0.3, 0.4) is 0 Å². The summed E-state index contributed by atoms with van der Waals surface area (Å²) in [5.74, 6) is -4.46. The number of phosphoric ester groups is 1. The molecule has 11 nitrogen and oxygen atoms in total. The van der Waals surface area contributed by atoms with Crippen LogP contribution in [-0.4, -0.2) is 44.4 Å². The van der Waals surface area contributed by atoms with Gasteiger partial charge in [0.05, 0.1) is 13.5 Å². The second kappa shape index (κ2) is 9.88. The van der Waals surface area contributed by atoms with Gasteiger partial charge in [0.1, 0.15) is 35.4 Å². The van der Waals surface area contributed by atoms with Gasteiger partial charge in [0.2, 0.25) is 0 Å². The lowest BCUT2D eigenvalue weighted by Crippen LogP contribution is -2.43. The predicted molar refractivity (Wildman–Crippen MR) is 126 cm³/mol. The fourth-order valence-corrected chi connectivity index (χ4v) is 5.31. The minimum absolute atomic E-state index is 0.0111. The Hall–Kier alpha value is -2.12. The molecule has 1 aromatic carbocycles. The molecule has 1 saturated heterocycles. The summed E-state index contributed by atoms with van der Waals surface area (Å²) in [6.07, 6.45) is -7.29. The number of aliphatic hydroxyl groups is 2. The Morgan fingerprint density at radius 2 is 1.97 bits per heavy atom. The molecule has 37 heavy (non-hydrogen) atoms. The van der Waals surface area contributed by atoms with E-state index in [2.05, 4.69) is 0 Å². The molecule has 15 heteroatoms. The molecule has 0 bridgehead atoms. The average Bonchev–Trinajstić information content (AvgIpc) is 3.00. The number of halogens is 3. The molecule has 0 aliphatic carbocycles. The SMILES string of the molecule is [2H][C@@]1(n2cc(Cl)c(=O)[nH]c2=O)O[C@](F)(COP2(=O)OCc3c(F)c(C(C)C)cc(C(C)C)c3O2)[C@@H](O)[C@H]1O. The van der Waals surface area contributed by atoms with Crippen LogP contribution in [0.2, 0.25) is 5.02 Å². The van der Waals surface area contributed by atoms with Crippen LogP contribution in [0.25, 0.3) is 0 Å². The van der Waals surface area contributed by atoms with Crippen molar-refractivity contribution in [1.82, 2.24) is 9.55 Å². The number of aromatic amines is 1.